The highest BCUT2D eigenvalue weighted by molar-refractivity contribution is 7.94. The maximum Gasteiger partial charge on any atom is 0.207 e. The highest BCUT2D eigenvalue weighted by atomic mass is 35.5. The van der Waals surface area contributed by atoms with E-state index < -0.39 is 19.8 Å². The standard InChI is InChI=1S/C11H12Cl2O3S/c1-3-11(13,17(2,15)16)10(14)8-4-6-9(12)7-5-8/h4-7H,3H2,1-2H3. The summed E-state index contributed by atoms with van der Waals surface area (Å²) in [6.45, 7) is 1.56. The Bertz CT molecular complexity index is 522. The first-order valence-electron chi connectivity index (χ1n) is 4.91. The largest absolute Gasteiger partial charge is 0.291 e. The van der Waals surface area contributed by atoms with E-state index in [4.69, 9.17) is 23.2 Å². The SMILES string of the molecule is CCC(Cl)(C(=O)c1ccc(Cl)cc1)S(C)(=O)=O. The number of halogens is 2. The summed E-state index contributed by atoms with van der Waals surface area (Å²) >= 11 is 11.6. The Morgan fingerprint density at radius 1 is 1.29 bits per heavy atom. The summed E-state index contributed by atoms with van der Waals surface area (Å²) in [5.41, 5.74) is 0.233. The Kier molecular flexibility index (Phi) is 4.23. The molecular formula is C11H12Cl2O3S. The Morgan fingerprint density at radius 2 is 1.76 bits per heavy atom. The third-order valence-electron chi connectivity index (χ3n) is 2.49. The van der Waals surface area contributed by atoms with Crippen LogP contribution in [0.5, 0.6) is 0 Å². The van der Waals surface area contributed by atoms with Crippen LogP contribution in [0.2, 0.25) is 5.02 Å². The molecule has 0 saturated carbocycles. The third-order valence-corrected chi connectivity index (χ3v) is 5.67. The predicted octanol–water partition coefficient (Wildman–Crippen LogP) is 2.91. The summed E-state index contributed by atoms with van der Waals surface area (Å²) in [6, 6.07) is 5.96. The molecule has 0 bridgehead atoms. The van der Waals surface area contributed by atoms with Gasteiger partial charge < -0.3 is 0 Å². The number of hydrogen-bond donors (Lipinski definition) is 0. The molecule has 0 aromatic heterocycles. The topological polar surface area (TPSA) is 51.2 Å². The van der Waals surface area contributed by atoms with Gasteiger partial charge in [-0.3, -0.25) is 4.79 Å². The zero-order valence-corrected chi connectivity index (χ0v) is 11.7. The van der Waals surface area contributed by atoms with Crippen LogP contribution in [0.15, 0.2) is 24.3 Å². The van der Waals surface area contributed by atoms with Gasteiger partial charge in [0, 0.05) is 16.8 Å². The van der Waals surface area contributed by atoms with Gasteiger partial charge in [0.25, 0.3) is 0 Å². The average Bonchev–Trinajstić information content (AvgIpc) is 2.26. The van der Waals surface area contributed by atoms with Crippen LogP contribution in [0.1, 0.15) is 23.7 Å². The molecule has 1 atom stereocenters. The van der Waals surface area contributed by atoms with E-state index in [1.807, 2.05) is 0 Å². The van der Waals surface area contributed by atoms with Gasteiger partial charge in [0.2, 0.25) is 4.21 Å². The molecule has 1 aromatic rings. The molecule has 0 fully saturated rings. The molecule has 94 valence electrons. The first-order valence-corrected chi connectivity index (χ1v) is 7.56. The minimum absolute atomic E-state index is 0.00878. The number of carbonyl (C=O) groups is 1. The number of hydrogen-bond acceptors (Lipinski definition) is 3. The lowest BCUT2D eigenvalue weighted by molar-refractivity contribution is 0.0971. The van der Waals surface area contributed by atoms with E-state index >= 15 is 0 Å². The van der Waals surface area contributed by atoms with Crippen LogP contribution in [0.3, 0.4) is 0 Å². The second-order valence-corrected chi connectivity index (χ2v) is 7.24. The van der Waals surface area contributed by atoms with Crippen molar-refractivity contribution >= 4 is 38.8 Å². The Balaban J connectivity index is 3.24. The first kappa shape index (κ1) is 14.5. The van der Waals surface area contributed by atoms with Crippen LogP contribution in [-0.2, 0) is 9.84 Å². The highest BCUT2D eigenvalue weighted by Gasteiger charge is 2.44. The number of Topliss-reactive ketones (excluding diaryl/α,β-unsaturated/α-hetero) is 1. The molecule has 0 heterocycles. The quantitative estimate of drug-likeness (QED) is 0.634. The van der Waals surface area contributed by atoms with Gasteiger partial charge in [-0.1, -0.05) is 30.1 Å². The fourth-order valence-corrected chi connectivity index (χ4v) is 2.62. The second-order valence-electron chi connectivity index (χ2n) is 3.69. The van der Waals surface area contributed by atoms with Crippen molar-refractivity contribution in [1.82, 2.24) is 0 Å². The second kappa shape index (κ2) is 4.96. The minimum atomic E-state index is -3.69. The van der Waals surface area contributed by atoms with Crippen molar-refractivity contribution < 1.29 is 13.2 Å². The molecule has 0 amide bonds. The van der Waals surface area contributed by atoms with Gasteiger partial charge in [-0.05, 0) is 30.7 Å². The molecule has 1 aromatic carbocycles. The third kappa shape index (κ3) is 2.81. The Morgan fingerprint density at radius 3 is 2.12 bits per heavy atom. The molecule has 0 spiro atoms. The number of ketones is 1. The van der Waals surface area contributed by atoms with Crippen LogP contribution in [-0.4, -0.2) is 24.7 Å². The van der Waals surface area contributed by atoms with Gasteiger partial charge in [0.1, 0.15) is 0 Å². The van der Waals surface area contributed by atoms with Crippen LogP contribution in [0, 0.1) is 0 Å². The smallest absolute Gasteiger partial charge is 0.207 e. The molecule has 3 nitrogen and oxygen atoms in total. The van der Waals surface area contributed by atoms with Crippen molar-refractivity contribution in [3.8, 4) is 0 Å². The lowest BCUT2D eigenvalue weighted by Gasteiger charge is -2.21. The van der Waals surface area contributed by atoms with Crippen molar-refractivity contribution in [2.75, 3.05) is 6.26 Å². The molecule has 0 saturated heterocycles. The maximum absolute atomic E-state index is 12.1. The first-order chi connectivity index (χ1) is 7.72. The van der Waals surface area contributed by atoms with Gasteiger partial charge in [-0.25, -0.2) is 8.42 Å². The van der Waals surface area contributed by atoms with Gasteiger partial charge in [-0.2, -0.15) is 0 Å². The zero-order chi connectivity index (χ0) is 13.3. The maximum atomic E-state index is 12.1. The highest BCUT2D eigenvalue weighted by Crippen LogP contribution is 2.31. The lowest BCUT2D eigenvalue weighted by Crippen LogP contribution is -2.40. The molecule has 0 aliphatic rings. The number of sulfone groups is 1. The van der Waals surface area contributed by atoms with Crippen LogP contribution >= 0.6 is 23.2 Å². The normalized spacial score (nSPS) is 15.3. The fourth-order valence-electron chi connectivity index (χ4n) is 1.41. The average molecular weight is 295 g/mol. The number of carbonyl (C=O) groups excluding carboxylic acids is 1. The summed E-state index contributed by atoms with van der Waals surface area (Å²) in [6.07, 6.45) is 0.964. The molecule has 0 N–H and O–H groups in total. The summed E-state index contributed by atoms with van der Waals surface area (Å²) in [5.74, 6) is -0.624. The zero-order valence-electron chi connectivity index (χ0n) is 9.41. The van der Waals surface area contributed by atoms with Crippen molar-refractivity contribution in [1.29, 1.82) is 0 Å². The van der Waals surface area contributed by atoms with E-state index in [2.05, 4.69) is 0 Å². The molecule has 0 radical (unpaired) electrons. The van der Waals surface area contributed by atoms with E-state index in [0.717, 1.165) is 6.26 Å². The Labute approximate surface area is 111 Å². The summed E-state index contributed by atoms with van der Waals surface area (Å²) in [7, 11) is -3.69. The van der Waals surface area contributed by atoms with Gasteiger partial charge in [-0.15, -0.1) is 0 Å². The van der Waals surface area contributed by atoms with Crippen molar-refractivity contribution in [2.24, 2.45) is 0 Å². The number of benzene rings is 1. The lowest BCUT2D eigenvalue weighted by atomic mass is 10.1. The Hall–Kier alpha value is -0.580. The van der Waals surface area contributed by atoms with E-state index in [1.165, 1.54) is 24.3 Å². The summed E-state index contributed by atoms with van der Waals surface area (Å²) < 4.78 is 21.3. The summed E-state index contributed by atoms with van der Waals surface area (Å²) in [4.78, 5) is 12.1. The molecule has 1 rings (SSSR count). The van der Waals surface area contributed by atoms with Crippen molar-refractivity contribution in [3.63, 3.8) is 0 Å². The summed E-state index contributed by atoms with van der Waals surface area (Å²) in [5, 5.41) is 0.470. The molecule has 6 heteroatoms. The molecule has 0 aliphatic heterocycles. The van der Waals surface area contributed by atoms with Crippen LogP contribution < -0.4 is 0 Å². The van der Waals surface area contributed by atoms with E-state index in [0.29, 0.717) is 5.02 Å². The monoisotopic (exact) mass is 294 g/mol. The van der Waals surface area contributed by atoms with Crippen LogP contribution in [0.25, 0.3) is 0 Å². The van der Waals surface area contributed by atoms with Gasteiger partial charge >= 0.3 is 0 Å². The fraction of sp³-hybridized carbons (Fsp3) is 0.364. The van der Waals surface area contributed by atoms with E-state index in [-0.39, 0.29) is 12.0 Å². The number of rotatable bonds is 4. The predicted molar refractivity (Wildman–Crippen MR) is 69.5 cm³/mol. The van der Waals surface area contributed by atoms with Gasteiger partial charge in [0.15, 0.2) is 15.6 Å². The van der Waals surface area contributed by atoms with E-state index in [9.17, 15) is 13.2 Å². The van der Waals surface area contributed by atoms with Crippen molar-refractivity contribution in [2.45, 2.75) is 17.6 Å². The molecule has 1 unspecified atom stereocenters. The van der Waals surface area contributed by atoms with Crippen LogP contribution in [0.4, 0.5) is 0 Å². The molecule has 17 heavy (non-hydrogen) atoms. The minimum Gasteiger partial charge on any atom is -0.291 e. The van der Waals surface area contributed by atoms with Gasteiger partial charge in [0.05, 0.1) is 0 Å². The molecule has 0 aliphatic carbocycles. The van der Waals surface area contributed by atoms with Crippen molar-refractivity contribution in [3.05, 3.63) is 34.9 Å². The number of alkyl halides is 1. The molecular weight excluding hydrogens is 283 g/mol. The van der Waals surface area contributed by atoms with E-state index in [1.54, 1.807) is 6.92 Å².